The highest BCUT2D eigenvalue weighted by Crippen LogP contribution is 2.47. The van der Waals surface area contributed by atoms with Gasteiger partial charge in [0.1, 0.15) is 0 Å². The Morgan fingerprint density at radius 3 is 2.20 bits per heavy atom. The number of alkyl halides is 1. The van der Waals surface area contributed by atoms with Gasteiger partial charge < -0.3 is 14.2 Å². The third-order valence-electron chi connectivity index (χ3n) is 2.85. The van der Waals surface area contributed by atoms with Crippen LogP contribution in [0.4, 0.5) is 0 Å². The van der Waals surface area contributed by atoms with E-state index < -0.39 is 0 Å². The van der Waals surface area contributed by atoms with Crippen LogP contribution < -0.4 is 14.2 Å². The summed E-state index contributed by atoms with van der Waals surface area (Å²) >= 11 is 11.2. The van der Waals surface area contributed by atoms with Crippen LogP contribution in [-0.4, -0.2) is 21.3 Å². The van der Waals surface area contributed by atoms with Crippen molar-refractivity contribution in [1.29, 1.82) is 0 Å². The van der Waals surface area contributed by atoms with Gasteiger partial charge in [0.2, 0.25) is 5.75 Å². The topological polar surface area (TPSA) is 27.7 Å². The first-order chi connectivity index (χ1) is 9.62. The highest BCUT2D eigenvalue weighted by atomic mass is 79.9. The molecule has 0 spiro atoms. The van der Waals surface area contributed by atoms with Crippen LogP contribution in [0.2, 0.25) is 4.34 Å². The molecule has 1 atom stereocenters. The molecular weight excluding hydrogens is 364 g/mol. The summed E-state index contributed by atoms with van der Waals surface area (Å²) in [7, 11) is 4.80. The van der Waals surface area contributed by atoms with Gasteiger partial charge in [0.25, 0.3) is 0 Å². The minimum Gasteiger partial charge on any atom is -0.493 e. The first-order valence-electron chi connectivity index (χ1n) is 5.80. The van der Waals surface area contributed by atoms with E-state index >= 15 is 0 Å². The van der Waals surface area contributed by atoms with Crippen molar-refractivity contribution in [2.45, 2.75) is 4.83 Å². The summed E-state index contributed by atoms with van der Waals surface area (Å²) in [5.74, 6) is 1.87. The van der Waals surface area contributed by atoms with E-state index in [1.165, 1.54) is 11.3 Å². The normalized spacial score (nSPS) is 12.1. The predicted octanol–water partition coefficient (Wildman–Crippen LogP) is 4.91. The van der Waals surface area contributed by atoms with Gasteiger partial charge in [-0.2, -0.15) is 0 Å². The summed E-state index contributed by atoms with van der Waals surface area (Å²) < 4.78 is 16.9. The van der Waals surface area contributed by atoms with Crippen molar-refractivity contribution in [1.82, 2.24) is 0 Å². The first kappa shape index (κ1) is 15.5. The number of benzene rings is 1. The minimum atomic E-state index is -0.0187. The number of halogens is 2. The fourth-order valence-electron chi connectivity index (χ4n) is 1.94. The summed E-state index contributed by atoms with van der Waals surface area (Å²) in [6.45, 7) is 0. The summed E-state index contributed by atoms with van der Waals surface area (Å²) in [4.78, 5) is 1.08. The molecule has 0 aliphatic rings. The highest BCUT2D eigenvalue weighted by molar-refractivity contribution is 9.09. The molecule has 108 valence electrons. The maximum atomic E-state index is 5.99. The molecule has 0 bridgehead atoms. The average molecular weight is 378 g/mol. The van der Waals surface area contributed by atoms with Gasteiger partial charge >= 0.3 is 0 Å². The molecule has 0 saturated heterocycles. The number of hydrogen-bond acceptors (Lipinski definition) is 4. The first-order valence-corrected chi connectivity index (χ1v) is 7.91. The van der Waals surface area contributed by atoms with E-state index in [2.05, 4.69) is 15.9 Å². The second kappa shape index (κ2) is 6.70. The molecule has 3 nitrogen and oxygen atoms in total. The van der Waals surface area contributed by atoms with Gasteiger partial charge in [-0.1, -0.05) is 27.5 Å². The van der Waals surface area contributed by atoms with E-state index in [0.29, 0.717) is 17.2 Å². The second-order valence-electron chi connectivity index (χ2n) is 3.93. The zero-order valence-corrected chi connectivity index (χ0v) is 14.4. The number of hydrogen-bond donors (Lipinski definition) is 0. The van der Waals surface area contributed by atoms with Crippen LogP contribution in [0.25, 0.3) is 0 Å². The largest absolute Gasteiger partial charge is 0.493 e. The van der Waals surface area contributed by atoms with Gasteiger partial charge in [-0.3, -0.25) is 0 Å². The monoisotopic (exact) mass is 376 g/mol. The van der Waals surface area contributed by atoms with E-state index in [4.69, 9.17) is 25.8 Å². The van der Waals surface area contributed by atoms with Gasteiger partial charge in [-0.05, 0) is 24.3 Å². The lowest BCUT2D eigenvalue weighted by molar-refractivity contribution is 0.322. The van der Waals surface area contributed by atoms with Crippen molar-refractivity contribution >= 4 is 38.9 Å². The van der Waals surface area contributed by atoms with Crippen LogP contribution >= 0.6 is 38.9 Å². The molecule has 1 aromatic heterocycles. The van der Waals surface area contributed by atoms with E-state index in [9.17, 15) is 0 Å². The summed E-state index contributed by atoms with van der Waals surface area (Å²) in [5.41, 5.74) is 0.962. The molecule has 2 rings (SSSR count). The molecule has 0 aliphatic carbocycles. The van der Waals surface area contributed by atoms with Gasteiger partial charge in [0, 0.05) is 10.4 Å². The Labute approximate surface area is 135 Å². The summed E-state index contributed by atoms with van der Waals surface area (Å²) in [6, 6.07) is 7.68. The third-order valence-corrected chi connectivity index (χ3v) is 5.44. The zero-order chi connectivity index (χ0) is 14.7. The minimum absolute atomic E-state index is 0.0187. The van der Waals surface area contributed by atoms with Gasteiger partial charge in [-0.15, -0.1) is 11.3 Å². The van der Waals surface area contributed by atoms with Crippen LogP contribution in [0, 0.1) is 0 Å². The second-order valence-corrected chi connectivity index (χ2v) is 6.59. The van der Waals surface area contributed by atoms with Gasteiger partial charge in [0.05, 0.1) is 30.5 Å². The fourth-order valence-corrected chi connectivity index (χ4v) is 3.79. The maximum Gasteiger partial charge on any atom is 0.203 e. The fraction of sp³-hybridized carbons (Fsp3) is 0.286. The van der Waals surface area contributed by atoms with Crippen molar-refractivity contribution < 1.29 is 14.2 Å². The van der Waals surface area contributed by atoms with Gasteiger partial charge in [0.15, 0.2) is 11.5 Å². The van der Waals surface area contributed by atoms with E-state index in [0.717, 1.165) is 14.8 Å². The molecule has 6 heteroatoms. The van der Waals surface area contributed by atoms with Crippen molar-refractivity contribution in [3.8, 4) is 17.2 Å². The average Bonchev–Trinajstić information content (AvgIpc) is 2.91. The van der Waals surface area contributed by atoms with Crippen LogP contribution in [0.3, 0.4) is 0 Å². The molecule has 20 heavy (non-hydrogen) atoms. The Morgan fingerprint density at radius 2 is 1.70 bits per heavy atom. The Kier molecular flexibility index (Phi) is 5.18. The number of methoxy groups -OCH3 is 3. The lowest BCUT2D eigenvalue weighted by Gasteiger charge is -2.18. The van der Waals surface area contributed by atoms with Gasteiger partial charge in [-0.25, -0.2) is 0 Å². The molecular formula is C14H14BrClO3S. The molecule has 0 fully saturated rings. The molecule has 1 aromatic carbocycles. The molecule has 0 aliphatic heterocycles. The molecule has 0 N–H and O–H groups in total. The summed E-state index contributed by atoms with van der Waals surface area (Å²) in [6.07, 6.45) is 0. The Bertz CT molecular complexity index is 600. The molecule has 0 amide bonds. The van der Waals surface area contributed by atoms with E-state index in [-0.39, 0.29) is 4.83 Å². The Balaban J connectivity index is 2.51. The molecule has 1 heterocycles. The molecule has 2 aromatic rings. The lowest BCUT2D eigenvalue weighted by Crippen LogP contribution is -2.00. The third kappa shape index (κ3) is 2.90. The predicted molar refractivity (Wildman–Crippen MR) is 86.2 cm³/mol. The van der Waals surface area contributed by atoms with Crippen LogP contribution in [0.5, 0.6) is 17.2 Å². The van der Waals surface area contributed by atoms with Crippen molar-refractivity contribution in [2.75, 3.05) is 21.3 Å². The Hall–Kier alpha value is -0.910. The van der Waals surface area contributed by atoms with Crippen molar-refractivity contribution in [3.05, 3.63) is 39.0 Å². The smallest absolute Gasteiger partial charge is 0.203 e. The van der Waals surface area contributed by atoms with Crippen LogP contribution in [-0.2, 0) is 0 Å². The van der Waals surface area contributed by atoms with Crippen LogP contribution in [0.1, 0.15) is 15.3 Å². The lowest BCUT2D eigenvalue weighted by atomic mass is 10.1. The summed E-state index contributed by atoms with van der Waals surface area (Å²) in [5, 5.41) is 0. The number of rotatable bonds is 5. The SMILES string of the molecule is COc1ccc(C(Br)c2ccc(Cl)s2)c(OC)c1OC. The quantitative estimate of drug-likeness (QED) is 0.693. The molecule has 0 saturated carbocycles. The van der Waals surface area contributed by atoms with Crippen molar-refractivity contribution in [3.63, 3.8) is 0 Å². The van der Waals surface area contributed by atoms with Crippen LogP contribution in [0.15, 0.2) is 24.3 Å². The maximum absolute atomic E-state index is 5.99. The molecule has 0 radical (unpaired) electrons. The highest BCUT2D eigenvalue weighted by Gasteiger charge is 2.22. The van der Waals surface area contributed by atoms with E-state index in [1.54, 1.807) is 21.3 Å². The van der Waals surface area contributed by atoms with Crippen molar-refractivity contribution in [2.24, 2.45) is 0 Å². The zero-order valence-electron chi connectivity index (χ0n) is 11.3. The number of thiophene rings is 1. The molecule has 1 unspecified atom stereocenters. The number of ether oxygens (including phenoxy) is 3. The standard InChI is InChI=1S/C14H14BrClO3S/c1-17-9-5-4-8(13(18-2)14(9)19-3)12(15)10-6-7-11(16)20-10/h4-7,12H,1-3H3. The van der Waals surface area contributed by atoms with E-state index in [1.807, 2.05) is 24.3 Å². The Morgan fingerprint density at radius 1 is 1.00 bits per heavy atom.